The van der Waals surface area contributed by atoms with Crippen LogP contribution in [0.2, 0.25) is 0 Å². The molecule has 1 heterocycles. The van der Waals surface area contributed by atoms with E-state index in [9.17, 15) is 0 Å². The summed E-state index contributed by atoms with van der Waals surface area (Å²) in [5.41, 5.74) is 4.16. The molecular formula is C17H28N2O. The van der Waals surface area contributed by atoms with Gasteiger partial charge in [-0.15, -0.1) is 0 Å². The molecule has 0 aliphatic carbocycles. The first-order chi connectivity index (χ1) is 9.47. The van der Waals surface area contributed by atoms with Gasteiger partial charge in [0, 0.05) is 31.9 Å². The fourth-order valence-electron chi connectivity index (χ4n) is 2.63. The number of rotatable bonds is 4. The van der Waals surface area contributed by atoms with Crippen molar-refractivity contribution in [1.82, 2.24) is 4.90 Å². The van der Waals surface area contributed by atoms with Crippen LogP contribution in [0.1, 0.15) is 31.9 Å². The van der Waals surface area contributed by atoms with E-state index in [-0.39, 0.29) is 5.41 Å². The maximum atomic E-state index is 5.38. The highest BCUT2D eigenvalue weighted by Gasteiger charge is 2.18. The van der Waals surface area contributed by atoms with E-state index in [1.54, 1.807) is 0 Å². The van der Waals surface area contributed by atoms with Gasteiger partial charge >= 0.3 is 0 Å². The minimum atomic E-state index is 0.176. The van der Waals surface area contributed by atoms with Gasteiger partial charge in [0.25, 0.3) is 0 Å². The van der Waals surface area contributed by atoms with Crippen molar-refractivity contribution in [2.75, 3.05) is 44.7 Å². The topological polar surface area (TPSA) is 24.5 Å². The fraction of sp³-hybridized carbons (Fsp3) is 0.647. The minimum absolute atomic E-state index is 0.176. The molecule has 1 aliphatic heterocycles. The Morgan fingerprint density at radius 1 is 1.20 bits per heavy atom. The number of aryl methyl sites for hydroxylation is 1. The number of nitrogens with one attached hydrogen (secondary N) is 1. The Labute approximate surface area is 123 Å². The van der Waals surface area contributed by atoms with Crippen molar-refractivity contribution in [1.29, 1.82) is 0 Å². The van der Waals surface area contributed by atoms with Crippen LogP contribution in [0.15, 0.2) is 18.2 Å². The second kappa shape index (κ2) is 6.59. The molecule has 2 rings (SSSR count). The van der Waals surface area contributed by atoms with Crippen LogP contribution < -0.4 is 5.32 Å². The summed E-state index contributed by atoms with van der Waals surface area (Å²) in [5.74, 6) is 0. The van der Waals surface area contributed by atoms with E-state index < -0.39 is 0 Å². The monoisotopic (exact) mass is 276 g/mol. The average Bonchev–Trinajstić information content (AvgIpc) is 2.38. The van der Waals surface area contributed by atoms with Crippen LogP contribution in [0.3, 0.4) is 0 Å². The standard InChI is InChI=1S/C17H28N2O/c1-14-5-6-15(17(2,3)4)16(13-14)18-7-8-19-9-11-20-12-10-19/h5-6,13,18H,7-12H2,1-4H3. The SMILES string of the molecule is Cc1ccc(C(C)(C)C)c(NCCN2CCOCC2)c1. The molecular weight excluding hydrogens is 248 g/mol. The normalized spacial score (nSPS) is 17.2. The number of hydrogen-bond donors (Lipinski definition) is 1. The molecule has 0 spiro atoms. The third-order valence-electron chi connectivity index (χ3n) is 3.83. The van der Waals surface area contributed by atoms with Gasteiger partial charge in [-0.05, 0) is 29.5 Å². The van der Waals surface area contributed by atoms with Gasteiger partial charge in [0.1, 0.15) is 0 Å². The van der Waals surface area contributed by atoms with E-state index in [0.717, 1.165) is 39.4 Å². The summed E-state index contributed by atoms with van der Waals surface area (Å²) in [4.78, 5) is 2.46. The molecule has 3 heteroatoms. The van der Waals surface area contributed by atoms with Gasteiger partial charge in [0.15, 0.2) is 0 Å². The zero-order valence-corrected chi connectivity index (χ0v) is 13.3. The van der Waals surface area contributed by atoms with Crippen LogP contribution in [0, 0.1) is 6.92 Å². The van der Waals surface area contributed by atoms with E-state index in [2.05, 4.69) is 56.1 Å². The molecule has 0 radical (unpaired) electrons. The Hall–Kier alpha value is -1.06. The smallest absolute Gasteiger partial charge is 0.0594 e. The van der Waals surface area contributed by atoms with Gasteiger partial charge in [-0.3, -0.25) is 4.90 Å². The lowest BCUT2D eigenvalue weighted by atomic mass is 9.85. The van der Waals surface area contributed by atoms with Crippen molar-refractivity contribution in [3.63, 3.8) is 0 Å². The van der Waals surface area contributed by atoms with Crippen molar-refractivity contribution in [2.24, 2.45) is 0 Å². The van der Waals surface area contributed by atoms with Gasteiger partial charge in [0.2, 0.25) is 0 Å². The maximum Gasteiger partial charge on any atom is 0.0594 e. The molecule has 1 aliphatic rings. The number of nitrogens with zero attached hydrogens (tertiary/aromatic N) is 1. The summed E-state index contributed by atoms with van der Waals surface area (Å²) in [6.45, 7) is 14.9. The van der Waals surface area contributed by atoms with Crippen molar-refractivity contribution in [2.45, 2.75) is 33.1 Å². The molecule has 0 bridgehead atoms. The number of benzene rings is 1. The molecule has 3 nitrogen and oxygen atoms in total. The second-order valence-electron chi connectivity index (χ2n) is 6.68. The third kappa shape index (κ3) is 4.22. The molecule has 1 saturated heterocycles. The van der Waals surface area contributed by atoms with Crippen LogP contribution >= 0.6 is 0 Å². The van der Waals surface area contributed by atoms with Crippen LogP contribution in [0.4, 0.5) is 5.69 Å². The lowest BCUT2D eigenvalue weighted by Gasteiger charge is -2.28. The quantitative estimate of drug-likeness (QED) is 0.915. The Kier molecular flexibility index (Phi) is 5.06. The Morgan fingerprint density at radius 3 is 2.55 bits per heavy atom. The highest BCUT2D eigenvalue weighted by Crippen LogP contribution is 2.30. The molecule has 0 amide bonds. The molecule has 0 saturated carbocycles. The van der Waals surface area contributed by atoms with Gasteiger partial charge in [-0.25, -0.2) is 0 Å². The predicted octanol–water partition coefficient (Wildman–Crippen LogP) is 3.04. The molecule has 0 atom stereocenters. The van der Waals surface area contributed by atoms with E-state index >= 15 is 0 Å². The number of ether oxygens (including phenoxy) is 1. The molecule has 1 N–H and O–H groups in total. The minimum Gasteiger partial charge on any atom is -0.384 e. The Morgan fingerprint density at radius 2 is 1.90 bits per heavy atom. The first kappa shape index (κ1) is 15.3. The highest BCUT2D eigenvalue weighted by molar-refractivity contribution is 5.56. The summed E-state index contributed by atoms with van der Waals surface area (Å²) in [6, 6.07) is 6.72. The van der Waals surface area contributed by atoms with Crippen molar-refractivity contribution in [3.05, 3.63) is 29.3 Å². The molecule has 0 unspecified atom stereocenters. The first-order valence-corrected chi connectivity index (χ1v) is 7.62. The largest absolute Gasteiger partial charge is 0.384 e. The molecule has 0 aromatic heterocycles. The van der Waals surface area contributed by atoms with Gasteiger partial charge in [-0.2, -0.15) is 0 Å². The summed E-state index contributed by atoms with van der Waals surface area (Å²) < 4.78 is 5.38. The summed E-state index contributed by atoms with van der Waals surface area (Å²) >= 11 is 0. The highest BCUT2D eigenvalue weighted by atomic mass is 16.5. The van der Waals surface area contributed by atoms with Gasteiger partial charge < -0.3 is 10.1 Å². The van der Waals surface area contributed by atoms with E-state index in [1.807, 2.05) is 0 Å². The van der Waals surface area contributed by atoms with Crippen LogP contribution in [-0.2, 0) is 10.2 Å². The number of morpholine rings is 1. The zero-order chi connectivity index (χ0) is 14.6. The second-order valence-corrected chi connectivity index (χ2v) is 6.68. The molecule has 1 aromatic carbocycles. The van der Waals surface area contributed by atoms with Crippen molar-refractivity contribution in [3.8, 4) is 0 Å². The lowest BCUT2D eigenvalue weighted by Crippen LogP contribution is -2.39. The van der Waals surface area contributed by atoms with Crippen LogP contribution in [0.25, 0.3) is 0 Å². The number of anilines is 1. The van der Waals surface area contributed by atoms with E-state index in [1.165, 1.54) is 16.8 Å². The van der Waals surface area contributed by atoms with Crippen molar-refractivity contribution >= 4 is 5.69 Å². The van der Waals surface area contributed by atoms with Gasteiger partial charge in [0.05, 0.1) is 13.2 Å². The Bertz CT molecular complexity index is 431. The predicted molar refractivity (Wildman–Crippen MR) is 85.6 cm³/mol. The summed E-state index contributed by atoms with van der Waals surface area (Å²) in [7, 11) is 0. The number of hydrogen-bond acceptors (Lipinski definition) is 3. The van der Waals surface area contributed by atoms with Gasteiger partial charge in [-0.1, -0.05) is 32.9 Å². The summed E-state index contributed by atoms with van der Waals surface area (Å²) in [5, 5.41) is 3.63. The molecule has 1 fully saturated rings. The van der Waals surface area contributed by atoms with Crippen molar-refractivity contribution < 1.29 is 4.74 Å². The van der Waals surface area contributed by atoms with Crippen LogP contribution in [0.5, 0.6) is 0 Å². The molecule has 1 aromatic rings. The van der Waals surface area contributed by atoms with E-state index in [0.29, 0.717) is 0 Å². The molecule has 20 heavy (non-hydrogen) atoms. The third-order valence-corrected chi connectivity index (χ3v) is 3.83. The molecule has 112 valence electrons. The Balaban J connectivity index is 1.95. The fourth-order valence-corrected chi connectivity index (χ4v) is 2.63. The first-order valence-electron chi connectivity index (χ1n) is 7.62. The zero-order valence-electron chi connectivity index (χ0n) is 13.3. The summed E-state index contributed by atoms with van der Waals surface area (Å²) in [6.07, 6.45) is 0. The van der Waals surface area contributed by atoms with Crippen LogP contribution in [-0.4, -0.2) is 44.3 Å². The lowest BCUT2D eigenvalue weighted by molar-refractivity contribution is 0.0398. The average molecular weight is 276 g/mol. The van der Waals surface area contributed by atoms with E-state index in [4.69, 9.17) is 4.74 Å². The maximum absolute atomic E-state index is 5.38.